The number of amides is 1. The fourth-order valence-electron chi connectivity index (χ4n) is 2.03. The largest absolute Gasteiger partial charge is 0.484 e. The Morgan fingerprint density at radius 3 is 2.81 bits per heavy atom. The number of ether oxygens (including phenoxy) is 1. The molecule has 0 atom stereocenters. The van der Waals surface area contributed by atoms with Crippen LogP contribution in [-0.4, -0.2) is 24.0 Å². The van der Waals surface area contributed by atoms with E-state index in [0.29, 0.717) is 6.54 Å². The maximum atomic E-state index is 11.7. The molecular formula is C17H20N2O2. The summed E-state index contributed by atoms with van der Waals surface area (Å²) in [6.07, 6.45) is 2.47. The monoisotopic (exact) mass is 284 g/mol. The number of aryl methyl sites for hydroxylation is 2. The third kappa shape index (κ3) is 4.91. The van der Waals surface area contributed by atoms with Gasteiger partial charge in [0.15, 0.2) is 6.61 Å². The molecule has 0 aliphatic rings. The Labute approximate surface area is 125 Å². The van der Waals surface area contributed by atoms with Crippen LogP contribution in [0.5, 0.6) is 5.75 Å². The summed E-state index contributed by atoms with van der Waals surface area (Å²) in [7, 11) is 0. The van der Waals surface area contributed by atoms with E-state index in [4.69, 9.17) is 4.74 Å². The molecule has 1 amide bonds. The number of hydrogen-bond acceptors (Lipinski definition) is 3. The van der Waals surface area contributed by atoms with Gasteiger partial charge in [0.25, 0.3) is 5.91 Å². The second-order valence-corrected chi connectivity index (χ2v) is 4.98. The predicted molar refractivity (Wildman–Crippen MR) is 82.4 cm³/mol. The van der Waals surface area contributed by atoms with Crippen LogP contribution < -0.4 is 10.1 Å². The number of carbonyl (C=O) groups is 1. The van der Waals surface area contributed by atoms with Crippen molar-refractivity contribution in [2.75, 3.05) is 13.2 Å². The number of nitrogens with zero attached hydrogens (tertiary/aromatic N) is 1. The van der Waals surface area contributed by atoms with Crippen LogP contribution in [0.3, 0.4) is 0 Å². The number of aromatic nitrogens is 1. The van der Waals surface area contributed by atoms with E-state index >= 15 is 0 Å². The topological polar surface area (TPSA) is 51.2 Å². The predicted octanol–water partition coefficient (Wildman–Crippen LogP) is 2.44. The Hall–Kier alpha value is -2.36. The SMILES string of the molecule is Cc1ccc(OCC(=O)NCCc2ccccn2)c(C)c1. The highest BCUT2D eigenvalue weighted by Gasteiger charge is 2.05. The lowest BCUT2D eigenvalue weighted by Gasteiger charge is -2.10. The average Bonchev–Trinajstić information content (AvgIpc) is 2.47. The van der Waals surface area contributed by atoms with Gasteiger partial charge in [-0.3, -0.25) is 9.78 Å². The van der Waals surface area contributed by atoms with Crippen LogP contribution in [0, 0.1) is 13.8 Å². The van der Waals surface area contributed by atoms with Crippen LogP contribution in [0.4, 0.5) is 0 Å². The zero-order valence-corrected chi connectivity index (χ0v) is 12.4. The second kappa shape index (κ2) is 7.43. The van der Waals surface area contributed by atoms with Crippen molar-refractivity contribution in [3.05, 3.63) is 59.4 Å². The molecule has 4 heteroatoms. The van der Waals surface area contributed by atoms with Gasteiger partial charge in [-0.2, -0.15) is 0 Å². The van der Waals surface area contributed by atoms with Gasteiger partial charge in [0.1, 0.15) is 5.75 Å². The molecule has 4 nitrogen and oxygen atoms in total. The Morgan fingerprint density at radius 2 is 2.10 bits per heavy atom. The van der Waals surface area contributed by atoms with E-state index in [9.17, 15) is 4.79 Å². The van der Waals surface area contributed by atoms with Crippen LogP contribution in [0.15, 0.2) is 42.6 Å². The van der Waals surface area contributed by atoms with Crippen molar-refractivity contribution in [1.29, 1.82) is 0 Å². The standard InChI is InChI=1S/C17H20N2O2/c1-13-6-7-16(14(2)11-13)21-12-17(20)19-10-8-15-5-3-4-9-18-15/h3-7,9,11H,8,10,12H2,1-2H3,(H,19,20). The summed E-state index contributed by atoms with van der Waals surface area (Å²) in [6, 6.07) is 11.7. The van der Waals surface area contributed by atoms with Crippen molar-refractivity contribution in [3.63, 3.8) is 0 Å². The van der Waals surface area contributed by atoms with Gasteiger partial charge in [0, 0.05) is 24.9 Å². The second-order valence-electron chi connectivity index (χ2n) is 4.98. The maximum Gasteiger partial charge on any atom is 0.257 e. The Balaban J connectivity index is 1.72. The molecular weight excluding hydrogens is 264 g/mol. The molecule has 1 aromatic carbocycles. The lowest BCUT2D eigenvalue weighted by atomic mass is 10.1. The normalized spacial score (nSPS) is 10.2. The van der Waals surface area contributed by atoms with E-state index in [1.54, 1.807) is 6.20 Å². The molecule has 1 aromatic heterocycles. The van der Waals surface area contributed by atoms with Crippen molar-refractivity contribution in [2.45, 2.75) is 20.3 Å². The molecule has 0 spiro atoms. The van der Waals surface area contributed by atoms with Gasteiger partial charge in [0.05, 0.1) is 0 Å². The van der Waals surface area contributed by atoms with Crippen LogP contribution in [-0.2, 0) is 11.2 Å². The summed E-state index contributed by atoms with van der Waals surface area (Å²) in [4.78, 5) is 15.9. The minimum atomic E-state index is -0.120. The molecule has 1 heterocycles. The van der Waals surface area contributed by atoms with Crippen LogP contribution in [0.1, 0.15) is 16.8 Å². The number of pyridine rings is 1. The van der Waals surface area contributed by atoms with E-state index in [-0.39, 0.29) is 12.5 Å². The lowest BCUT2D eigenvalue weighted by Crippen LogP contribution is -2.30. The fraction of sp³-hybridized carbons (Fsp3) is 0.294. The van der Waals surface area contributed by atoms with Gasteiger partial charge < -0.3 is 10.1 Å². The van der Waals surface area contributed by atoms with Gasteiger partial charge in [0.2, 0.25) is 0 Å². The average molecular weight is 284 g/mol. The molecule has 0 bridgehead atoms. The van der Waals surface area contributed by atoms with Crippen molar-refractivity contribution in [3.8, 4) is 5.75 Å². The number of nitrogens with one attached hydrogen (secondary N) is 1. The molecule has 0 unspecified atom stereocenters. The molecule has 1 N–H and O–H groups in total. The summed E-state index contributed by atoms with van der Waals surface area (Å²) in [5, 5.41) is 2.83. The van der Waals surface area contributed by atoms with E-state index in [1.165, 1.54) is 5.56 Å². The van der Waals surface area contributed by atoms with E-state index < -0.39 is 0 Å². The molecule has 0 aliphatic carbocycles. The zero-order valence-electron chi connectivity index (χ0n) is 12.4. The van der Waals surface area contributed by atoms with Crippen LogP contribution in [0.25, 0.3) is 0 Å². The highest BCUT2D eigenvalue weighted by Crippen LogP contribution is 2.18. The van der Waals surface area contributed by atoms with Crippen LogP contribution in [0.2, 0.25) is 0 Å². The van der Waals surface area contributed by atoms with Gasteiger partial charge >= 0.3 is 0 Å². The first kappa shape index (κ1) is 15.0. The minimum Gasteiger partial charge on any atom is -0.484 e. The molecule has 2 rings (SSSR count). The van der Waals surface area contributed by atoms with Crippen LogP contribution >= 0.6 is 0 Å². The van der Waals surface area contributed by atoms with Gasteiger partial charge in [-0.25, -0.2) is 0 Å². The number of rotatable bonds is 6. The third-order valence-electron chi connectivity index (χ3n) is 3.12. The maximum absolute atomic E-state index is 11.7. The van der Waals surface area contributed by atoms with Gasteiger partial charge in [-0.05, 0) is 37.6 Å². The quantitative estimate of drug-likeness (QED) is 0.886. The minimum absolute atomic E-state index is 0.0338. The van der Waals surface area contributed by atoms with Crippen molar-refractivity contribution < 1.29 is 9.53 Å². The highest BCUT2D eigenvalue weighted by molar-refractivity contribution is 5.77. The van der Waals surface area contributed by atoms with Gasteiger partial charge in [-0.15, -0.1) is 0 Å². The number of hydrogen-bond donors (Lipinski definition) is 1. The smallest absolute Gasteiger partial charge is 0.257 e. The van der Waals surface area contributed by atoms with E-state index in [1.807, 2.05) is 50.2 Å². The molecule has 0 aliphatic heterocycles. The Bertz CT molecular complexity index is 597. The fourth-order valence-corrected chi connectivity index (χ4v) is 2.03. The summed E-state index contributed by atoms with van der Waals surface area (Å²) in [5.74, 6) is 0.631. The molecule has 2 aromatic rings. The van der Waals surface area contributed by atoms with Gasteiger partial charge in [-0.1, -0.05) is 23.8 Å². The first-order chi connectivity index (χ1) is 10.1. The zero-order chi connectivity index (χ0) is 15.1. The van der Waals surface area contributed by atoms with E-state index in [0.717, 1.165) is 23.4 Å². The van der Waals surface area contributed by atoms with Crippen molar-refractivity contribution >= 4 is 5.91 Å². The summed E-state index contributed by atoms with van der Waals surface area (Å²) < 4.78 is 5.53. The Morgan fingerprint density at radius 1 is 1.24 bits per heavy atom. The van der Waals surface area contributed by atoms with Crippen molar-refractivity contribution in [2.24, 2.45) is 0 Å². The lowest BCUT2D eigenvalue weighted by molar-refractivity contribution is -0.123. The molecule has 110 valence electrons. The first-order valence-corrected chi connectivity index (χ1v) is 7.02. The first-order valence-electron chi connectivity index (χ1n) is 7.02. The molecule has 0 saturated carbocycles. The summed E-state index contributed by atoms with van der Waals surface area (Å²) in [5.41, 5.74) is 3.18. The summed E-state index contributed by atoms with van der Waals surface area (Å²) in [6.45, 7) is 4.60. The number of carbonyl (C=O) groups excluding carboxylic acids is 1. The van der Waals surface area contributed by atoms with E-state index in [2.05, 4.69) is 10.3 Å². The molecule has 0 fully saturated rings. The molecule has 0 radical (unpaired) electrons. The van der Waals surface area contributed by atoms with Crippen molar-refractivity contribution in [1.82, 2.24) is 10.3 Å². The third-order valence-corrected chi connectivity index (χ3v) is 3.12. The number of benzene rings is 1. The summed E-state index contributed by atoms with van der Waals surface area (Å²) >= 11 is 0. The highest BCUT2D eigenvalue weighted by atomic mass is 16.5. The molecule has 21 heavy (non-hydrogen) atoms. The molecule has 0 saturated heterocycles. The Kier molecular flexibility index (Phi) is 5.32.